The average molecular weight is 315 g/mol. The first-order valence-corrected chi connectivity index (χ1v) is 7.50. The van der Waals surface area contributed by atoms with E-state index in [0.29, 0.717) is 30.4 Å². The van der Waals surface area contributed by atoms with E-state index in [1.807, 2.05) is 31.2 Å². The van der Waals surface area contributed by atoms with E-state index in [9.17, 15) is 9.59 Å². The molecule has 6 nitrogen and oxygen atoms in total. The highest BCUT2D eigenvalue weighted by atomic mass is 16.4. The summed E-state index contributed by atoms with van der Waals surface area (Å²) in [5.74, 6) is 0.891. The first kappa shape index (κ1) is 16.7. The molecule has 0 atom stereocenters. The van der Waals surface area contributed by atoms with Gasteiger partial charge in [0.05, 0.1) is 12.1 Å². The van der Waals surface area contributed by atoms with Crippen LogP contribution in [0.2, 0.25) is 0 Å². The van der Waals surface area contributed by atoms with Crippen molar-refractivity contribution in [2.75, 3.05) is 13.1 Å². The number of aromatic nitrogens is 1. The van der Waals surface area contributed by atoms with Crippen molar-refractivity contribution >= 4 is 11.8 Å². The Morgan fingerprint density at radius 1 is 1.17 bits per heavy atom. The van der Waals surface area contributed by atoms with Crippen LogP contribution in [0.4, 0.5) is 0 Å². The van der Waals surface area contributed by atoms with E-state index in [1.54, 1.807) is 6.92 Å². The van der Waals surface area contributed by atoms with Gasteiger partial charge in [-0.15, -0.1) is 0 Å². The zero-order chi connectivity index (χ0) is 16.8. The summed E-state index contributed by atoms with van der Waals surface area (Å²) < 4.78 is 5.67. The van der Waals surface area contributed by atoms with Crippen molar-refractivity contribution in [1.82, 2.24) is 15.6 Å². The number of nitrogens with zero attached hydrogens (tertiary/aromatic N) is 1. The van der Waals surface area contributed by atoms with Crippen LogP contribution in [-0.2, 0) is 16.0 Å². The summed E-state index contributed by atoms with van der Waals surface area (Å²) in [4.78, 5) is 27.1. The lowest BCUT2D eigenvalue weighted by Crippen LogP contribution is -2.34. The molecule has 2 rings (SSSR count). The summed E-state index contributed by atoms with van der Waals surface area (Å²) >= 11 is 0. The van der Waals surface area contributed by atoms with Gasteiger partial charge in [-0.25, -0.2) is 4.98 Å². The van der Waals surface area contributed by atoms with Crippen LogP contribution in [0.15, 0.2) is 28.7 Å². The topological polar surface area (TPSA) is 84.2 Å². The van der Waals surface area contributed by atoms with Crippen molar-refractivity contribution in [2.24, 2.45) is 0 Å². The summed E-state index contributed by atoms with van der Waals surface area (Å²) in [6, 6.07) is 7.86. The molecule has 1 aromatic heterocycles. The lowest BCUT2D eigenvalue weighted by Gasteiger charge is -2.04. The maximum absolute atomic E-state index is 11.9. The molecule has 0 aliphatic heterocycles. The minimum Gasteiger partial charge on any atom is -0.441 e. The van der Waals surface area contributed by atoms with Crippen LogP contribution in [0.3, 0.4) is 0 Å². The number of hydrogen-bond acceptors (Lipinski definition) is 4. The van der Waals surface area contributed by atoms with Crippen LogP contribution in [0, 0.1) is 13.8 Å². The zero-order valence-corrected chi connectivity index (χ0v) is 13.6. The molecule has 2 N–H and O–H groups in total. The lowest BCUT2D eigenvalue weighted by molar-refractivity contribution is -0.121. The summed E-state index contributed by atoms with van der Waals surface area (Å²) in [5, 5.41) is 5.36. The summed E-state index contributed by atoms with van der Waals surface area (Å²) in [6.45, 7) is 6.04. The predicted molar refractivity (Wildman–Crippen MR) is 86.8 cm³/mol. The van der Waals surface area contributed by atoms with E-state index in [4.69, 9.17) is 4.42 Å². The smallest absolute Gasteiger partial charge is 0.226 e. The molecule has 122 valence electrons. The van der Waals surface area contributed by atoms with Crippen LogP contribution in [0.25, 0.3) is 11.5 Å². The van der Waals surface area contributed by atoms with Gasteiger partial charge in [-0.2, -0.15) is 0 Å². The Morgan fingerprint density at radius 3 is 2.61 bits per heavy atom. The van der Waals surface area contributed by atoms with Gasteiger partial charge in [-0.05, 0) is 26.0 Å². The van der Waals surface area contributed by atoms with Crippen molar-refractivity contribution in [1.29, 1.82) is 0 Å². The second kappa shape index (κ2) is 7.58. The highest BCUT2D eigenvalue weighted by Gasteiger charge is 2.14. The third-order valence-corrected chi connectivity index (χ3v) is 3.31. The van der Waals surface area contributed by atoms with Crippen LogP contribution in [0.1, 0.15) is 23.9 Å². The van der Waals surface area contributed by atoms with Gasteiger partial charge in [0.2, 0.25) is 17.7 Å². The molecule has 0 aliphatic rings. The van der Waals surface area contributed by atoms with Gasteiger partial charge in [0.1, 0.15) is 5.76 Å². The lowest BCUT2D eigenvalue weighted by atomic mass is 10.1. The Balaban J connectivity index is 1.96. The molecule has 0 aliphatic carbocycles. The Labute approximate surface area is 135 Å². The first-order chi connectivity index (χ1) is 11.0. The van der Waals surface area contributed by atoms with Crippen LogP contribution in [0.5, 0.6) is 0 Å². The van der Waals surface area contributed by atoms with Crippen molar-refractivity contribution in [2.45, 2.75) is 27.2 Å². The minimum absolute atomic E-state index is 0.116. The standard InChI is InChI=1S/C17H21N3O3/c1-11-5-4-6-14(9-11)17-20-15(12(2)23-17)10-16(22)19-8-7-18-13(3)21/h4-6,9H,7-8,10H2,1-3H3,(H,18,21)(H,19,22). The second-order valence-electron chi connectivity index (χ2n) is 5.40. The molecule has 1 aromatic carbocycles. The van der Waals surface area contributed by atoms with E-state index < -0.39 is 0 Å². The normalized spacial score (nSPS) is 10.4. The van der Waals surface area contributed by atoms with Crippen molar-refractivity contribution < 1.29 is 14.0 Å². The van der Waals surface area contributed by atoms with E-state index >= 15 is 0 Å². The fourth-order valence-corrected chi connectivity index (χ4v) is 2.15. The van der Waals surface area contributed by atoms with Crippen LogP contribution < -0.4 is 10.6 Å². The van der Waals surface area contributed by atoms with E-state index in [-0.39, 0.29) is 18.2 Å². The monoisotopic (exact) mass is 315 g/mol. The number of benzene rings is 1. The van der Waals surface area contributed by atoms with Gasteiger partial charge in [0, 0.05) is 25.6 Å². The molecular weight excluding hydrogens is 294 g/mol. The first-order valence-electron chi connectivity index (χ1n) is 7.50. The molecule has 1 heterocycles. The van der Waals surface area contributed by atoms with Crippen LogP contribution in [-0.4, -0.2) is 29.9 Å². The Kier molecular flexibility index (Phi) is 5.51. The van der Waals surface area contributed by atoms with Gasteiger partial charge in [-0.1, -0.05) is 17.7 Å². The molecular formula is C17H21N3O3. The molecule has 23 heavy (non-hydrogen) atoms. The number of carbonyl (C=O) groups excluding carboxylic acids is 2. The third kappa shape index (κ3) is 4.95. The summed E-state index contributed by atoms with van der Waals surface area (Å²) in [7, 11) is 0. The molecule has 0 radical (unpaired) electrons. The summed E-state index contributed by atoms with van der Waals surface area (Å²) in [6.07, 6.45) is 0.154. The quantitative estimate of drug-likeness (QED) is 0.796. The molecule has 0 saturated carbocycles. The molecule has 6 heteroatoms. The van der Waals surface area contributed by atoms with E-state index in [2.05, 4.69) is 15.6 Å². The molecule has 0 bridgehead atoms. The van der Waals surface area contributed by atoms with Gasteiger partial charge in [0.25, 0.3) is 0 Å². The van der Waals surface area contributed by atoms with Gasteiger partial charge in [-0.3, -0.25) is 9.59 Å². The van der Waals surface area contributed by atoms with Crippen molar-refractivity contribution in [3.63, 3.8) is 0 Å². The number of rotatable bonds is 6. The molecule has 0 spiro atoms. The number of aryl methyl sites for hydroxylation is 2. The third-order valence-electron chi connectivity index (χ3n) is 3.31. The molecule has 0 fully saturated rings. The number of oxazole rings is 1. The highest BCUT2D eigenvalue weighted by molar-refractivity contribution is 5.78. The number of nitrogens with one attached hydrogen (secondary N) is 2. The van der Waals surface area contributed by atoms with Crippen molar-refractivity contribution in [3.05, 3.63) is 41.3 Å². The van der Waals surface area contributed by atoms with E-state index in [0.717, 1.165) is 11.1 Å². The number of carbonyl (C=O) groups is 2. The zero-order valence-electron chi connectivity index (χ0n) is 13.6. The average Bonchev–Trinajstić information content (AvgIpc) is 2.85. The largest absolute Gasteiger partial charge is 0.441 e. The maximum Gasteiger partial charge on any atom is 0.226 e. The highest BCUT2D eigenvalue weighted by Crippen LogP contribution is 2.22. The van der Waals surface area contributed by atoms with Gasteiger partial charge < -0.3 is 15.1 Å². The van der Waals surface area contributed by atoms with Crippen LogP contribution >= 0.6 is 0 Å². The molecule has 2 aromatic rings. The maximum atomic E-state index is 11.9. The fourth-order valence-electron chi connectivity index (χ4n) is 2.15. The number of hydrogen-bond donors (Lipinski definition) is 2. The SMILES string of the molecule is CC(=O)NCCNC(=O)Cc1nc(-c2cccc(C)c2)oc1C. The Morgan fingerprint density at radius 2 is 1.91 bits per heavy atom. The van der Waals surface area contributed by atoms with Crippen molar-refractivity contribution in [3.8, 4) is 11.5 Å². The molecule has 0 unspecified atom stereocenters. The molecule has 2 amide bonds. The van der Waals surface area contributed by atoms with Gasteiger partial charge in [0.15, 0.2) is 0 Å². The molecule has 0 saturated heterocycles. The van der Waals surface area contributed by atoms with Gasteiger partial charge >= 0.3 is 0 Å². The summed E-state index contributed by atoms with van der Waals surface area (Å²) in [5.41, 5.74) is 2.64. The predicted octanol–water partition coefficient (Wildman–Crippen LogP) is 1.75. The minimum atomic E-state index is -0.150. The number of amides is 2. The fraction of sp³-hybridized carbons (Fsp3) is 0.353. The van der Waals surface area contributed by atoms with E-state index in [1.165, 1.54) is 6.92 Å². The Bertz CT molecular complexity index is 707. The Hall–Kier alpha value is -2.63. The second-order valence-corrected chi connectivity index (χ2v) is 5.40.